The second kappa shape index (κ2) is 5.78. The van der Waals surface area contributed by atoms with Crippen LogP contribution in [0.3, 0.4) is 0 Å². The molecule has 20 heavy (non-hydrogen) atoms. The van der Waals surface area contributed by atoms with Crippen molar-refractivity contribution in [3.05, 3.63) is 30.1 Å². The molecule has 2 aromatic rings. The summed E-state index contributed by atoms with van der Waals surface area (Å²) in [6.07, 6.45) is 5.80. The highest BCUT2D eigenvalue weighted by molar-refractivity contribution is 5.79. The van der Waals surface area contributed by atoms with Crippen molar-refractivity contribution in [2.24, 2.45) is 5.92 Å². The number of fused-ring (bicyclic) bond motifs is 1. The summed E-state index contributed by atoms with van der Waals surface area (Å²) in [5.74, 6) is 2.08. The maximum absolute atomic E-state index is 11.6. The Hall–Kier alpha value is -1.64. The highest BCUT2D eigenvalue weighted by Gasteiger charge is 2.22. The first-order valence-electron chi connectivity index (χ1n) is 7.73. The first-order valence-corrected chi connectivity index (χ1v) is 7.73. The number of carbonyl (C=O) groups excluding carboxylic acids is 1. The largest absolute Gasteiger partial charge is 0.328 e. The molecule has 0 bridgehead atoms. The minimum absolute atomic E-state index is 0.430. The van der Waals surface area contributed by atoms with Crippen LogP contribution in [0.2, 0.25) is 0 Å². The van der Waals surface area contributed by atoms with Crippen molar-refractivity contribution in [1.29, 1.82) is 0 Å². The molecule has 106 valence electrons. The van der Waals surface area contributed by atoms with Crippen LogP contribution in [0.1, 0.15) is 44.9 Å². The van der Waals surface area contributed by atoms with E-state index in [4.69, 9.17) is 4.98 Å². The summed E-state index contributed by atoms with van der Waals surface area (Å²) in [5.41, 5.74) is 2.31. The van der Waals surface area contributed by atoms with Gasteiger partial charge in [-0.05, 0) is 37.3 Å². The number of nitrogens with zero attached hydrogens (tertiary/aromatic N) is 2. The number of aromatic nitrogens is 2. The van der Waals surface area contributed by atoms with E-state index in [1.807, 2.05) is 6.07 Å². The summed E-state index contributed by atoms with van der Waals surface area (Å²) in [6, 6.07) is 8.34. The van der Waals surface area contributed by atoms with Gasteiger partial charge in [0.05, 0.1) is 11.0 Å². The average Bonchev–Trinajstić information content (AvgIpc) is 2.77. The predicted molar refractivity (Wildman–Crippen MR) is 80.7 cm³/mol. The van der Waals surface area contributed by atoms with Crippen molar-refractivity contribution >= 4 is 16.8 Å². The molecule has 1 aliphatic carbocycles. The Labute approximate surface area is 120 Å². The van der Waals surface area contributed by atoms with E-state index in [-0.39, 0.29) is 0 Å². The lowest BCUT2D eigenvalue weighted by Crippen LogP contribution is -2.19. The molecule has 0 amide bonds. The van der Waals surface area contributed by atoms with Gasteiger partial charge in [0.25, 0.3) is 0 Å². The number of aryl methyl sites for hydroxylation is 1. The zero-order valence-corrected chi connectivity index (χ0v) is 12.1. The van der Waals surface area contributed by atoms with Gasteiger partial charge in [0.15, 0.2) is 0 Å². The van der Waals surface area contributed by atoms with E-state index in [0.717, 1.165) is 50.0 Å². The van der Waals surface area contributed by atoms with Crippen molar-refractivity contribution in [3.63, 3.8) is 0 Å². The minimum Gasteiger partial charge on any atom is -0.328 e. The summed E-state index contributed by atoms with van der Waals surface area (Å²) in [4.78, 5) is 16.4. The molecule has 3 rings (SSSR count). The molecule has 1 aromatic carbocycles. The van der Waals surface area contributed by atoms with Gasteiger partial charge >= 0.3 is 0 Å². The number of ketones is 1. The van der Waals surface area contributed by atoms with E-state index in [2.05, 4.69) is 29.7 Å². The van der Waals surface area contributed by atoms with Crippen LogP contribution in [0.5, 0.6) is 0 Å². The average molecular weight is 270 g/mol. The molecule has 1 atom stereocenters. The van der Waals surface area contributed by atoms with E-state index in [1.165, 1.54) is 11.9 Å². The monoisotopic (exact) mass is 270 g/mol. The Morgan fingerprint density at radius 1 is 1.35 bits per heavy atom. The normalized spacial score (nSPS) is 19.6. The van der Waals surface area contributed by atoms with Gasteiger partial charge in [-0.25, -0.2) is 4.98 Å². The third-order valence-electron chi connectivity index (χ3n) is 4.24. The van der Waals surface area contributed by atoms with Crippen LogP contribution in [0.15, 0.2) is 24.3 Å². The molecule has 3 nitrogen and oxygen atoms in total. The first kappa shape index (κ1) is 13.3. The van der Waals surface area contributed by atoms with Crippen molar-refractivity contribution in [1.82, 2.24) is 9.55 Å². The summed E-state index contributed by atoms with van der Waals surface area (Å²) in [7, 11) is 0. The molecular formula is C17H22N2O. The quantitative estimate of drug-likeness (QED) is 0.848. The molecule has 1 aromatic heterocycles. The van der Waals surface area contributed by atoms with Crippen LogP contribution in [0.25, 0.3) is 11.0 Å². The number of rotatable bonds is 4. The Morgan fingerprint density at radius 3 is 3.00 bits per heavy atom. The lowest BCUT2D eigenvalue weighted by Gasteiger charge is -2.20. The fourth-order valence-corrected chi connectivity index (χ4v) is 3.30. The fraction of sp³-hybridized carbons (Fsp3) is 0.529. The first-order chi connectivity index (χ1) is 9.78. The van der Waals surface area contributed by atoms with E-state index in [1.54, 1.807) is 0 Å². The van der Waals surface area contributed by atoms with Gasteiger partial charge in [-0.1, -0.05) is 19.1 Å². The van der Waals surface area contributed by atoms with E-state index in [0.29, 0.717) is 11.7 Å². The third-order valence-corrected chi connectivity index (χ3v) is 4.24. The molecule has 1 saturated carbocycles. The maximum atomic E-state index is 11.6. The number of imidazole rings is 1. The molecule has 0 saturated heterocycles. The zero-order valence-electron chi connectivity index (χ0n) is 12.1. The van der Waals surface area contributed by atoms with Gasteiger partial charge in [0.1, 0.15) is 11.6 Å². The lowest BCUT2D eigenvalue weighted by molar-refractivity contribution is -0.121. The Balaban J connectivity index is 1.89. The Bertz CT molecular complexity index is 614. The van der Waals surface area contributed by atoms with Crippen molar-refractivity contribution < 1.29 is 4.79 Å². The highest BCUT2D eigenvalue weighted by atomic mass is 16.1. The molecule has 1 fully saturated rings. The zero-order chi connectivity index (χ0) is 13.9. The summed E-state index contributed by atoms with van der Waals surface area (Å²) < 4.78 is 2.34. The number of hydrogen-bond acceptors (Lipinski definition) is 2. The minimum atomic E-state index is 0.430. The van der Waals surface area contributed by atoms with Crippen LogP contribution in [0.4, 0.5) is 0 Å². The summed E-state index contributed by atoms with van der Waals surface area (Å²) >= 11 is 0. The summed E-state index contributed by atoms with van der Waals surface area (Å²) in [5, 5.41) is 0. The second-order valence-electron chi connectivity index (χ2n) is 5.87. The fourth-order valence-electron chi connectivity index (χ4n) is 3.30. The Kier molecular flexibility index (Phi) is 3.86. The van der Waals surface area contributed by atoms with Gasteiger partial charge in [0.2, 0.25) is 0 Å². The molecular weight excluding hydrogens is 248 g/mol. The van der Waals surface area contributed by atoms with Gasteiger partial charge < -0.3 is 4.57 Å². The molecule has 0 radical (unpaired) electrons. The summed E-state index contributed by atoms with van der Waals surface area (Å²) in [6.45, 7) is 3.21. The van der Waals surface area contributed by atoms with Crippen molar-refractivity contribution in [2.75, 3.05) is 0 Å². The molecule has 1 unspecified atom stereocenters. The number of benzene rings is 1. The van der Waals surface area contributed by atoms with E-state index >= 15 is 0 Å². The highest BCUT2D eigenvalue weighted by Crippen LogP contribution is 2.26. The predicted octanol–water partition coefficient (Wildman–Crippen LogP) is 3.75. The topological polar surface area (TPSA) is 34.9 Å². The lowest BCUT2D eigenvalue weighted by atomic mass is 9.86. The van der Waals surface area contributed by atoms with Crippen LogP contribution in [-0.4, -0.2) is 15.3 Å². The maximum Gasteiger partial charge on any atom is 0.133 e. The van der Waals surface area contributed by atoms with Crippen LogP contribution in [0, 0.1) is 5.92 Å². The van der Waals surface area contributed by atoms with Gasteiger partial charge in [-0.2, -0.15) is 0 Å². The molecule has 0 spiro atoms. The Morgan fingerprint density at radius 2 is 2.20 bits per heavy atom. The molecule has 3 heteroatoms. The second-order valence-corrected chi connectivity index (χ2v) is 5.87. The number of carbonyl (C=O) groups is 1. The van der Waals surface area contributed by atoms with E-state index in [9.17, 15) is 4.79 Å². The van der Waals surface area contributed by atoms with Gasteiger partial charge in [-0.15, -0.1) is 0 Å². The molecule has 0 N–H and O–H groups in total. The van der Waals surface area contributed by atoms with Crippen molar-refractivity contribution in [2.45, 2.75) is 52.0 Å². The van der Waals surface area contributed by atoms with Crippen LogP contribution >= 0.6 is 0 Å². The molecule has 0 aliphatic heterocycles. The smallest absolute Gasteiger partial charge is 0.133 e. The number of hydrogen-bond donors (Lipinski definition) is 0. The van der Waals surface area contributed by atoms with Crippen LogP contribution in [-0.2, 0) is 17.8 Å². The SMILES string of the molecule is CCCn1c(CC2CCCC(=O)C2)nc2ccccc21. The number of para-hydroxylation sites is 2. The van der Waals surface area contributed by atoms with Gasteiger partial charge in [0, 0.05) is 25.8 Å². The van der Waals surface area contributed by atoms with Gasteiger partial charge in [-0.3, -0.25) is 4.79 Å². The molecule has 1 heterocycles. The number of Topliss-reactive ketones (excluding diaryl/α,β-unsaturated/α-hetero) is 1. The van der Waals surface area contributed by atoms with E-state index < -0.39 is 0 Å². The van der Waals surface area contributed by atoms with Crippen LogP contribution < -0.4 is 0 Å². The third kappa shape index (κ3) is 2.62. The standard InChI is InChI=1S/C17H22N2O/c1-2-10-19-16-9-4-3-8-15(16)18-17(19)12-13-6-5-7-14(20)11-13/h3-4,8-9,13H,2,5-7,10-12H2,1H3. The molecule has 1 aliphatic rings. The van der Waals surface area contributed by atoms with Crippen molar-refractivity contribution in [3.8, 4) is 0 Å².